The molecular formula is C25H23F2N7O2. The molecule has 0 spiro atoms. The molecule has 2 heterocycles. The number of aromatic nitrogens is 4. The quantitative estimate of drug-likeness (QED) is 0.287. The van der Waals surface area contributed by atoms with Crippen LogP contribution in [0.1, 0.15) is 23.0 Å². The van der Waals surface area contributed by atoms with Gasteiger partial charge in [0.15, 0.2) is 5.82 Å². The maximum absolute atomic E-state index is 15.0. The highest BCUT2D eigenvalue weighted by atomic mass is 19.1. The summed E-state index contributed by atoms with van der Waals surface area (Å²) in [6.45, 7) is 2.79. The van der Waals surface area contributed by atoms with Crippen LogP contribution in [0.15, 0.2) is 72.8 Å². The second kappa shape index (κ2) is 10.2. The third-order valence-corrected chi connectivity index (χ3v) is 6.35. The SMILES string of the molecule is O=[N+]([O-])c1ccc(N2CCN(C(c3ccccc3F)c3nnnn3Cc3ccc(F)cc3)CC2)cc1. The van der Waals surface area contributed by atoms with Crippen LogP contribution in [-0.2, 0) is 6.54 Å². The number of non-ortho nitro benzene ring substituents is 1. The predicted molar refractivity (Wildman–Crippen MR) is 128 cm³/mol. The average molecular weight is 492 g/mol. The fourth-order valence-electron chi connectivity index (χ4n) is 4.50. The first-order valence-corrected chi connectivity index (χ1v) is 11.5. The number of hydrogen-bond acceptors (Lipinski definition) is 7. The zero-order chi connectivity index (χ0) is 25.1. The van der Waals surface area contributed by atoms with Crippen molar-refractivity contribution in [3.63, 3.8) is 0 Å². The molecule has 1 saturated heterocycles. The average Bonchev–Trinajstić information content (AvgIpc) is 3.35. The second-order valence-corrected chi connectivity index (χ2v) is 8.54. The van der Waals surface area contributed by atoms with Crippen LogP contribution in [0.4, 0.5) is 20.2 Å². The number of hydrogen-bond donors (Lipinski definition) is 0. The number of anilines is 1. The van der Waals surface area contributed by atoms with Gasteiger partial charge in [0.2, 0.25) is 0 Å². The van der Waals surface area contributed by atoms with Crippen LogP contribution in [0.5, 0.6) is 0 Å². The molecule has 4 aromatic rings. The Balaban J connectivity index is 1.40. The Morgan fingerprint density at radius 3 is 2.28 bits per heavy atom. The molecule has 0 saturated carbocycles. The van der Waals surface area contributed by atoms with E-state index in [1.54, 1.807) is 47.1 Å². The minimum absolute atomic E-state index is 0.0463. The van der Waals surface area contributed by atoms with Crippen LogP contribution in [0.25, 0.3) is 0 Å². The second-order valence-electron chi connectivity index (χ2n) is 8.54. The molecule has 0 bridgehead atoms. The number of piperazine rings is 1. The van der Waals surface area contributed by atoms with E-state index in [4.69, 9.17) is 0 Å². The zero-order valence-electron chi connectivity index (χ0n) is 19.2. The van der Waals surface area contributed by atoms with Crippen LogP contribution in [0.2, 0.25) is 0 Å². The molecule has 1 aliphatic heterocycles. The number of halogens is 2. The van der Waals surface area contributed by atoms with Gasteiger partial charge in [0.05, 0.1) is 11.5 Å². The van der Waals surface area contributed by atoms with Crippen molar-refractivity contribution in [1.82, 2.24) is 25.1 Å². The third kappa shape index (κ3) is 4.91. The van der Waals surface area contributed by atoms with Crippen molar-refractivity contribution in [3.05, 3.63) is 111 Å². The number of tetrazole rings is 1. The van der Waals surface area contributed by atoms with E-state index in [1.165, 1.54) is 30.3 Å². The van der Waals surface area contributed by atoms with Crippen molar-refractivity contribution in [2.24, 2.45) is 0 Å². The molecule has 1 aliphatic rings. The molecule has 1 atom stereocenters. The summed E-state index contributed by atoms with van der Waals surface area (Å²) < 4.78 is 30.0. The summed E-state index contributed by atoms with van der Waals surface area (Å²) >= 11 is 0. The van der Waals surface area contributed by atoms with Crippen molar-refractivity contribution in [3.8, 4) is 0 Å². The summed E-state index contributed by atoms with van der Waals surface area (Å²) in [6.07, 6.45) is 0. The lowest BCUT2D eigenvalue weighted by Gasteiger charge is -2.40. The Kier molecular flexibility index (Phi) is 6.63. The Morgan fingerprint density at radius 2 is 1.61 bits per heavy atom. The first kappa shape index (κ1) is 23.5. The largest absolute Gasteiger partial charge is 0.369 e. The van der Waals surface area contributed by atoms with E-state index in [2.05, 4.69) is 25.3 Å². The van der Waals surface area contributed by atoms with Crippen LogP contribution in [0, 0.1) is 21.7 Å². The summed E-state index contributed by atoms with van der Waals surface area (Å²) in [5.41, 5.74) is 2.23. The van der Waals surface area contributed by atoms with Gasteiger partial charge in [-0.2, -0.15) is 0 Å². The van der Waals surface area contributed by atoms with E-state index in [0.717, 1.165) is 11.3 Å². The minimum Gasteiger partial charge on any atom is -0.369 e. The molecule has 0 radical (unpaired) electrons. The smallest absolute Gasteiger partial charge is 0.269 e. The van der Waals surface area contributed by atoms with E-state index in [0.29, 0.717) is 44.1 Å². The van der Waals surface area contributed by atoms with Crippen molar-refractivity contribution in [2.75, 3.05) is 31.1 Å². The molecule has 0 amide bonds. The van der Waals surface area contributed by atoms with Crippen molar-refractivity contribution in [1.29, 1.82) is 0 Å². The summed E-state index contributed by atoms with van der Waals surface area (Å²) in [4.78, 5) is 14.8. The van der Waals surface area contributed by atoms with Crippen molar-refractivity contribution >= 4 is 11.4 Å². The summed E-state index contributed by atoms with van der Waals surface area (Å²) in [6, 6.07) is 18.6. The monoisotopic (exact) mass is 491 g/mol. The van der Waals surface area contributed by atoms with Crippen LogP contribution < -0.4 is 4.90 Å². The normalized spacial score (nSPS) is 15.1. The third-order valence-electron chi connectivity index (χ3n) is 6.35. The van der Waals surface area contributed by atoms with Gasteiger partial charge >= 0.3 is 0 Å². The fraction of sp³-hybridized carbons (Fsp3) is 0.240. The lowest BCUT2D eigenvalue weighted by molar-refractivity contribution is -0.384. The van der Waals surface area contributed by atoms with E-state index < -0.39 is 11.0 Å². The van der Waals surface area contributed by atoms with Gasteiger partial charge in [0.25, 0.3) is 5.69 Å². The number of rotatable bonds is 7. The first-order chi connectivity index (χ1) is 17.5. The van der Waals surface area contributed by atoms with Gasteiger partial charge < -0.3 is 4.90 Å². The highest BCUT2D eigenvalue weighted by molar-refractivity contribution is 5.51. The Morgan fingerprint density at radius 1 is 0.917 bits per heavy atom. The van der Waals surface area contributed by atoms with Gasteiger partial charge in [-0.05, 0) is 46.3 Å². The van der Waals surface area contributed by atoms with E-state index in [1.807, 2.05) is 0 Å². The lowest BCUT2D eigenvalue weighted by atomic mass is 10.0. The molecule has 0 N–H and O–H groups in total. The number of nitro benzene ring substituents is 1. The first-order valence-electron chi connectivity index (χ1n) is 11.5. The van der Waals surface area contributed by atoms with Gasteiger partial charge in [-0.1, -0.05) is 30.3 Å². The highest BCUT2D eigenvalue weighted by Gasteiger charge is 2.32. The van der Waals surface area contributed by atoms with E-state index >= 15 is 4.39 Å². The molecule has 9 nitrogen and oxygen atoms in total. The zero-order valence-corrected chi connectivity index (χ0v) is 19.2. The van der Waals surface area contributed by atoms with Gasteiger partial charge in [-0.25, -0.2) is 13.5 Å². The number of nitrogens with zero attached hydrogens (tertiary/aromatic N) is 7. The molecule has 0 aliphatic carbocycles. The van der Waals surface area contributed by atoms with Crippen molar-refractivity contribution < 1.29 is 13.7 Å². The number of benzene rings is 3. The van der Waals surface area contributed by atoms with E-state index in [-0.39, 0.29) is 17.3 Å². The molecule has 1 aromatic heterocycles. The van der Waals surface area contributed by atoms with Crippen LogP contribution >= 0.6 is 0 Å². The van der Waals surface area contributed by atoms with Crippen LogP contribution in [-0.4, -0.2) is 56.2 Å². The number of nitro groups is 1. The molecule has 184 valence electrons. The summed E-state index contributed by atoms with van der Waals surface area (Å²) in [5, 5.41) is 23.2. The van der Waals surface area contributed by atoms with Crippen molar-refractivity contribution in [2.45, 2.75) is 12.6 Å². The molecule has 11 heteroatoms. The van der Waals surface area contributed by atoms with Gasteiger partial charge in [-0.3, -0.25) is 15.0 Å². The molecule has 1 fully saturated rings. The Hall–Kier alpha value is -4.25. The predicted octanol–water partition coefficient (Wildman–Crippen LogP) is 3.82. The van der Waals surface area contributed by atoms with Gasteiger partial charge in [0, 0.05) is 49.6 Å². The maximum atomic E-state index is 15.0. The summed E-state index contributed by atoms with van der Waals surface area (Å²) in [5.74, 6) is -0.185. The summed E-state index contributed by atoms with van der Waals surface area (Å²) in [7, 11) is 0. The lowest BCUT2D eigenvalue weighted by Crippen LogP contribution is -2.48. The van der Waals surface area contributed by atoms with Gasteiger partial charge in [-0.15, -0.1) is 5.10 Å². The minimum atomic E-state index is -0.527. The molecule has 36 heavy (non-hydrogen) atoms. The standard InChI is InChI=1S/C25H23F2N7O2/c26-19-7-5-18(6-8-19)17-33-25(28-29-30-33)24(22-3-1-2-4-23(22)27)32-15-13-31(14-16-32)20-9-11-21(12-10-20)34(35)36/h1-12,24H,13-17H2. The molecule has 3 aromatic carbocycles. The topological polar surface area (TPSA) is 93.2 Å². The van der Waals surface area contributed by atoms with Gasteiger partial charge in [0.1, 0.15) is 17.7 Å². The van der Waals surface area contributed by atoms with E-state index in [9.17, 15) is 14.5 Å². The molecule has 5 rings (SSSR count). The Labute approximate surface area is 205 Å². The maximum Gasteiger partial charge on any atom is 0.269 e. The Bertz CT molecular complexity index is 1340. The fourth-order valence-corrected chi connectivity index (χ4v) is 4.50. The molecular weight excluding hydrogens is 468 g/mol. The van der Waals surface area contributed by atoms with Crippen LogP contribution in [0.3, 0.4) is 0 Å². The molecule has 1 unspecified atom stereocenters. The highest BCUT2D eigenvalue weighted by Crippen LogP contribution is 2.31.